The number of rotatable bonds is 6. The van der Waals surface area contributed by atoms with Crippen molar-refractivity contribution in [3.8, 4) is 0 Å². The van der Waals surface area contributed by atoms with Gasteiger partial charge in [-0.15, -0.1) is 0 Å². The molecule has 0 saturated carbocycles. The zero-order valence-corrected chi connectivity index (χ0v) is 16.3. The van der Waals surface area contributed by atoms with Crippen molar-refractivity contribution in [3.63, 3.8) is 0 Å². The van der Waals surface area contributed by atoms with E-state index in [4.69, 9.17) is 9.41 Å². The molecule has 1 aliphatic heterocycles. The van der Waals surface area contributed by atoms with E-state index >= 15 is 0 Å². The summed E-state index contributed by atoms with van der Waals surface area (Å²) >= 11 is 0. The smallest absolute Gasteiger partial charge is 0.191 e. The largest absolute Gasteiger partial charge is 0.459 e. The van der Waals surface area contributed by atoms with Crippen LogP contribution in [0.5, 0.6) is 0 Å². The van der Waals surface area contributed by atoms with Crippen LogP contribution in [-0.2, 0) is 6.54 Å². The van der Waals surface area contributed by atoms with E-state index in [0.717, 1.165) is 36.9 Å². The molecule has 3 rings (SSSR count). The highest BCUT2D eigenvalue weighted by molar-refractivity contribution is 5.82. The molecule has 26 heavy (non-hydrogen) atoms. The van der Waals surface area contributed by atoms with E-state index in [1.807, 2.05) is 18.2 Å². The molecule has 0 aliphatic carbocycles. The number of aryl methyl sites for hydroxylation is 1. The molecule has 1 aromatic carbocycles. The number of guanidine groups is 1. The van der Waals surface area contributed by atoms with Crippen molar-refractivity contribution in [1.29, 1.82) is 0 Å². The Labute approximate surface area is 156 Å². The number of nitrogens with one attached hydrogen (secondary N) is 2. The van der Waals surface area contributed by atoms with Crippen LogP contribution >= 0.6 is 0 Å². The van der Waals surface area contributed by atoms with Gasteiger partial charge in [-0.05, 0) is 51.8 Å². The molecular formula is C21H32N4O. The molecule has 0 spiro atoms. The summed E-state index contributed by atoms with van der Waals surface area (Å²) < 4.78 is 5.98. The minimum atomic E-state index is 0.557. The molecule has 1 saturated heterocycles. The Morgan fingerprint density at radius 2 is 2.12 bits per heavy atom. The normalized spacial score (nSPS) is 19.0. The molecule has 5 heteroatoms. The maximum absolute atomic E-state index is 5.98. The summed E-state index contributed by atoms with van der Waals surface area (Å²) in [6.45, 7) is 12.4. The first-order valence-corrected chi connectivity index (χ1v) is 9.92. The lowest BCUT2D eigenvalue weighted by Crippen LogP contribution is -2.44. The van der Waals surface area contributed by atoms with E-state index < -0.39 is 0 Å². The average molecular weight is 357 g/mol. The monoisotopic (exact) mass is 356 g/mol. The summed E-state index contributed by atoms with van der Waals surface area (Å²) in [5.74, 6) is 2.51. The van der Waals surface area contributed by atoms with E-state index in [1.54, 1.807) is 0 Å². The third-order valence-corrected chi connectivity index (χ3v) is 5.28. The van der Waals surface area contributed by atoms with Gasteiger partial charge < -0.3 is 20.0 Å². The molecule has 0 amide bonds. The average Bonchev–Trinajstić information content (AvgIpc) is 3.00. The number of benzene rings is 1. The van der Waals surface area contributed by atoms with E-state index in [0.29, 0.717) is 12.5 Å². The number of hydrogen-bond acceptors (Lipinski definition) is 3. The van der Waals surface area contributed by atoms with E-state index in [1.165, 1.54) is 36.9 Å². The highest BCUT2D eigenvalue weighted by Crippen LogP contribution is 2.25. The van der Waals surface area contributed by atoms with Crippen molar-refractivity contribution < 1.29 is 4.42 Å². The van der Waals surface area contributed by atoms with Crippen LogP contribution < -0.4 is 10.6 Å². The number of para-hydroxylation sites is 1. The molecule has 1 aromatic heterocycles. The van der Waals surface area contributed by atoms with Gasteiger partial charge in [0.1, 0.15) is 17.9 Å². The SMILES string of the molecule is CCNC(=NCc1oc2ccccc2c1C)NCC1CCCN(CC)C1. The number of hydrogen-bond donors (Lipinski definition) is 2. The van der Waals surface area contributed by atoms with Crippen LogP contribution in [0.25, 0.3) is 11.0 Å². The van der Waals surface area contributed by atoms with Crippen molar-refractivity contribution in [2.45, 2.75) is 40.2 Å². The minimum absolute atomic E-state index is 0.557. The van der Waals surface area contributed by atoms with Gasteiger partial charge in [0.25, 0.3) is 0 Å². The van der Waals surface area contributed by atoms with E-state index in [9.17, 15) is 0 Å². The van der Waals surface area contributed by atoms with Gasteiger partial charge in [0.2, 0.25) is 0 Å². The van der Waals surface area contributed by atoms with Crippen molar-refractivity contribution in [1.82, 2.24) is 15.5 Å². The predicted molar refractivity (Wildman–Crippen MR) is 109 cm³/mol. The van der Waals surface area contributed by atoms with E-state index in [-0.39, 0.29) is 0 Å². The Hall–Kier alpha value is -2.01. The number of fused-ring (bicyclic) bond motifs is 1. The highest BCUT2D eigenvalue weighted by atomic mass is 16.3. The van der Waals surface area contributed by atoms with Crippen LogP contribution in [0, 0.1) is 12.8 Å². The molecule has 1 unspecified atom stereocenters. The quantitative estimate of drug-likeness (QED) is 0.614. The fraction of sp³-hybridized carbons (Fsp3) is 0.571. The number of furan rings is 1. The number of piperidine rings is 1. The Morgan fingerprint density at radius 3 is 2.88 bits per heavy atom. The minimum Gasteiger partial charge on any atom is -0.459 e. The standard InChI is InChI=1S/C21H32N4O/c1-4-22-21(23-13-17-9-8-12-25(5-2)15-17)24-14-20-16(3)18-10-6-7-11-19(18)26-20/h6-7,10-11,17H,4-5,8-9,12-15H2,1-3H3,(H2,22,23,24). The Bertz CT molecular complexity index is 737. The van der Waals surface area contributed by atoms with Gasteiger partial charge in [-0.25, -0.2) is 4.99 Å². The third kappa shape index (κ3) is 4.58. The van der Waals surface area contributed by atoms with Gasteiger partial charge in [0.15, 0.2) is 5.96 Å². The van der Waals surface area contributed by atoms with Crippen LogP contribution in [0.4, 0.5) is 0 Å². The van der Waals surface area contributed by atoms with Gasteiger partial charge in [0, 0.05) is 30.6 Å². The van der Waals surface area contributed by atoms with Crippen LogP contribution in [0.2, 0.25) is 0 Å². The molecule has 1 fully saturated rings. The predicted octanol–water partition coefficient (Wildman–Crippen LogP) is 3.53. The molecule has 5 nitrogen and oxygen atoms in total. The number of nitrogens with zero attached hydrogens (tertiary/aromatic N) is 2. The van der Waals surface area contributed by atoms with Gasteiger partial charge in [-0.1, -0.05) is 25.1 Å². The maximum atomic E-state index is 5.98. The first kappa shape index (κ1) is 18.8. The molecule has 0 bridgehead atoms. The van der Waals surface area contributed by atoms with Crippen molar-refractivity contribution in [3.05, 3.63) is 35.6 Å². The van der Waals surface area contributed by atoms with E-state index in [2.05, 4.69) is 42.4 Å². The molecule has 1 aliphatic rings. The summed E-state index contributed by atoms with van der Waals surface area (Å²) in [5.41, 5.74) is 2.13. The second-order valence-electron chi connectivity index (χ2n) is 7.12. The first-order chi connectivity index (χ1) is 12.7. The topological polar surface area (TPSA) is 52.8 Å². The molecule has 1 atom stereocenters. The van der Waals surface area contributed by atoms with Crippen LogP contribution in [0.1, 0.15) is 38.0 Å². The van der Waals surface area contributed by atoms with Gasteiger partial charge in [-0.3, -0.25) is 0 Å². The highest BCUT2D eigenvalue weighted by Gasteiger charge is 2.18. The maximum Gasteiger partial charge on any atom is 0.191 e. The summed E-state index contributed by atoms with van der Waals surface area (Å²) in [6, 6.07) is 8.18. The molecule has 0 radical (unpaired) electrons. The third-order valence-electron chi connectivity index (χ3n) is 5.28. The number of likely N-dealkylation sites (tertiary alicyclic amines) is 1. The van der Waals surface area contributed by atoms with Crippen LogP contribution in [0.15, 0.2) is 33.7 Å². The molecule has 2 N–H and O–H groups in total. The summed E-state index contributed by atoms with van der Waals surface area (Å²) in [5, 5.41) is 8.06. The number of aliphatic imine (C=N–C) groups is 1. The van der Waals surface area contributed by atoms with Crippen LogP contribution in [-0.4, -0.2) is 43.6 Å². The fourth-order valence-electron chi connectivity index (χ4n) is 3.71. The molecule has 2 aromatic rings. The zero-order valence-electron chi connectivity index (χ0n) is 16.3. The van der Waals surface area contributed by atoms with Gasteiger partial charge >= 0.3 is 0 Å². The lowest BCUT2D eigenvalue weighted by molar-refractivity contribution is 0.183. The van der Waals surface area contributed by atoms with Crippen LogP contribution in [0.3, 0.4) is 0 Å². The second kappa shape index (κ2) is 9.08. The second-order valence-corrected chi connectivity index (χ2v) is 7.12. The fourth-order valence-corrected chi connectivity index (χ4v) is 3.71. The van der Waals surface area contributed by atoms with Crippen molar-refractivity contribution >= 4 is 16.9 Å². The summed E-state index contributed by atoms with van der Waals surface area (Å²) in [6.07, 6.45) is 2.59. The Morgan fingerprint density at radius 1 is 1.27 bits per heavy atom. The first-order valence-electron chi connectivity index (χ1n) is 9.92. The van der Waals surface area contributed by atoms with Gasteiger partial charge in [-0.2, -0.15) is 0 Å². The van der Waals surface area contributed by atoms with Gasteiger partial charge in [0.05, 0.1) is 0 Å². The summed E-state index contributed by atoms with van der Waals surface area (Å²) in [7, 11) is 0. The molecule has 2 heterocycles. The van der Waals surface area contributed by atoms with Crippen molar-refractivity contribution in [2.24, 2.45) is 10.9 Å². The molecule has 142 valence electrons. The summed E-state index contributed by atoms with van der Waals surface area (Å²) in [4.78, 5) is 7.29. The Kier molecular flexibility index (Phi) is 6.56. The molecular weight excluding hydrogens is 324 g/mol. The lowest BCUT2D eigenvalue weighted by atomic mass is 9.98. The lowest BCUT2D eigenvalue weighted by Gasteiger charge is -2.32. The zero-order chi connectivity index (χ0) is 18.4. The Balaban J connectivity index is 1.62. The van der Waals surface area contributed by atoms with Crippen molar-refractivity contribution in [2.75, 3.05) is 32.7 Å².